The van der Waals surface area contributed by atoms with Crippen LogP contribution in [0.15, 0.2) is 62.5 Å². The van der Waals surface area contributed by atoms with Gasteiger partial charge in [0.15, 0.2) is 6.61 Å². The predicted molar refractivity (Wildman–Crippen MR) is 114 cm³/mol. The summed E-state index contributed by atoms with van der Waals surface area (Å²) in [5.74, 6) is 1.25. The van der Waals surface area contributed by atoms with Gasteiger partial charge >= 0.3 is 0 Å². The maximum atomic E-state index is 11.8. The van der Waals surface area contributed by atoms with Crippen LogP contribution in [0.5, 0.6) is 5.75 Å². The molecular weight excluding hydrogens is 467 g/mol. The zero-order valence-electron chi connectivity index (χ0n) is 14.7. The number of nitrogens with zero attached hydrogens (tertiary/aromatic N) is 1. The van der Waals surface area contributed by atoms with Crippen molar-refractivity contribution in [3.63, 3.8) is 0 Å². The van der Waals surface area contributed by atoms with Crippen LogP contribution in [-0.2, 0) is 4.79 Å². The Bertz CT molecular complexity index is 1030. The van der Waals surface area contributed by atoms with Gasteiger partial charge in [0, 0.05) is 15.6 Å². The number of nitrogens with one attached hydrogen (secondary N) is 1. The van der Waals surface area contributed by atoms with Gasteiger partial charge in [0.1, 0.15) is 17.3 Å². The maximum absolute atomic E-state index is 11.8. The van der Waals surface area contributed by atoms with Crippen LogP contribution in [0.25, 0.3) is 11.3 Å². The first-order valence-corrected chi connectivity index (χ1v) is 9.73. The van der Waals surface area contributed by atoms with Crippen molar-refractivity contribution in [2.24, 2.45) is 5.10 Å². The molecule has 1 aromatic heterocycles. The van der Waals surface area contributed by atoms with Crippen LogP contribution in [0, 0.1) is 6.92 Å². The van der Waals surface area contributed by atoms with Gasteiger partial charge in [0.2, 0.25) is 0 Å². The van der Waals surface area contributed by atoms with Crippen LogP contribution in [0.2, 0.25) is 10.0 Å². The molecule has 0 bridgehead atoms. The van der Waals surface area contributed by atoms with Crippen molar-refractivity contribution in [3.8, 4) is 17.1 Å². The van der Waals surface area contributed by atoms with Gasteiger partial charge in [-0.25, -0.2) is 5.43 Å². The van der Waals surface area contributed by atoms with E-state index >= 15 is 0 Å². The summed E-state index contributed by atoms with van der Waals surface area (Å²) in [5, 5.41) is 5.11. The molecule has 0 aliphatic heterocycles. The Labute approximate surface area is 180 Å². The molecular formula is C20H15BrCl2N2O3. The summed E-state index contributed by atoms with van der Waals surface area (Å²) in [7, 11) is 0. The highest BCUT2D eigenvalue weighted by molar-refractivity contribution is 9.10. The number of benzene rings is 2. The monoisotopic (exact) mass is 480 g/mol. The summed E-state index contributed by atoms with van der Waals surface area (Å²) in [4.78, 5) is 11.8. The number of hydrazone groups is 1. The second kappa shape index (κ2) is 9.28. The Morgan fingerprint density at radius 1 is 1.21 bits per heavy atom. The molecule has 0 aliphatic rings. The third kappa shape index (κ3) is 5.38. The Morgan fingerprint density at radius 3 is 2.79 bits per heavy atom. The number of rotatable bonds is 6. The van der Waals surface area contributed by atoms with Crippen LogP contribution in [0.1, 0.15) is 11.3 Å². The Balaban J connectivity index is 1.53. The molecule has 144 valence electrons. The predicted octanol–water partition coefficient (Wildman–Crippen LogP) is 5.85. The van der Waals surface area contributed by atoms with Gasteiger partial charge < -0.3 is 9.15 Å². The number of carbonyl (C=O) groups is 1. The van der Waals surface area contributed by atoms with Crippen LogP contribution in [0.3, 0.4) is 0 Å². The molecule has 2 aromatic carbocycles. The van der Waals surface area contributed by atoms with Gasteiger partial charge in [-0.3, -0.25) is 4.79 Å². The van der Waals surface area contributed by atoms with Gasteiger partial charge in [0.05, 0.1) is 10.7 Å². The Kier molecular flexibility index (Phi) is 6.78. The van der Waals surface area contributed by atoms with E-state index in [0.717, 1.165) is 11.1 Å². The van der Waals surface area contributed by atoms with Crippen molar-refractivity contribution >= 4 is 51.3 Å². The zero-order chi connectivity index (χ0) is 20.1. The van der Waals surface area contributed by atoms with Crippen molar-refractivity contribution in [1.29, 1.82) is 0 Å². The summed E-state index contributed by atoms with van der Waals surface area (Å²) < 4.78 is 11.8. The molecule has 0 radical (unpaired) electrons. The number of halogens is 3. The first-order chi connectivity index (χ1) is 13.4. The van der Waals surface area contributed by atoms with E-state index < -0.39 is 5.91 Å². The Morgan fingerprint density at radius 2 is 2.04 bits per heavy atom. The van der Waals surface area contributed by atoms with Gasteiger partial charge in [-0.2, -0.15) is 5.10 Å². The number of carbonyl (C=O) groups excluding carboxylic acids is 1. The SMILES string of the molecule is Cc1ccc(-c2ccc(/C=N\NC(=O)COc3ccc(Cl)cc3Br)o2)cc1Cl. The summed E-state index contributed by atoms with van der Waals surface area (Å²) in [5.41, 5.74) is 4.24. The molecule has 0 spiro atoms. The lowest BCUT2D eigenvalue weighted by molar-refractivity contribution is -0.123. The third-order valence-corrected chi connectivity index (χ3v) is 4.98. The normalized spacial score (nSPS) is 11.0. The molecule has 3 aromatic rings. The second-order valence-electron chi connectivity index (χ2n) is 5.82. The summed E-state index contributed by atoms with van der Waals surface area (Å²) in [6.45, 7) is 1.74. The van der Waals surface area contributed by atoms with Crippen LogP contribution >= 0.6 is 39.1 Å². The highest BCUT2D eigenvalue weighted by Crippen LogP contribution is 2.28. The summed E-state index contributed by atoms with van der Waals surface area (Å²) in [6.07, 6.45) is 1.41. The molecule has 1 amide bonds. The van der Waals surface area contributed by atoms with E-state index in [1.807, 2.05) is 31.2 Å². The number of amides is 1. The molecule has 1 N–H and O–H groups in total. The molecule has 28 heavy (non-hydrogen) atoms. The lowest BCUT2D eigenvalue weighted by Gasteiger charge is -2.07. The van der Waals surface area contributed by atoms with Gasteiger partial charge in [-0.05, 0) is 64.8 Å². The fraction of sp³-hybridized carbons (Fsp3) is 0.100. The number of furan rings is 1. The van der Waals surface area contributed by atoms with Crippen LogP contribution in [-0.4, -0.2) is 18.7 Å². The van der Waals surface area contributed by atoms with Crippen molar-refractivity contribution in [3.05, 3.63) is 74.4 Å². The average Bonchev–Trinajstić information content (AvgIpc) is 3.12. The molecule has 8 heteroatoms. The van der Waals surface area contributed by atoms with E-state index in [1.165, 1.54) is 6.21 Å². The van der Waals surface area contributed by atoms with Crippen molar-refractivity contribution in [1.82, 2.24) is 5.43 Å². The highest BCUT2D eigenvalue weighted by atomic mass is 79.9. The van der Waals surface area contributed by atoms with Gasteiger partial charge in [-0.15, -0.1) is 0 Å². The maximum Gasteiger partial charge on any atom is 0.277 e. The van der Waals surface area contributed by atoms with E-state index in [1.54, 1.807) is 24.3 Å². The standard InChI is InChI=1S/C20H15BrCl2N2O3/c1-12-2-3-13(8-17(12)23)18-7-5-15(28-18)10-24-25-20(26)11-27-19-6-4-14(22)9-16(19)21/h2-10H,11H2,1H3,(H,25,26)/b24-10-. The first-order valence-electron chi connectivity index (χ1n) is 8.18. The number of ether oxygens (including phenoxy) is 1. The van der Waals surface area contributed by atoms with E-state index in [0.29, 0.717) is 31.8 Å². The fourth-order valence-electron chi connectivity index (χ4n) is 2.26. The topological polar surface area (TPSA) is 63.8 Å². The fourth-order valence-corrected chi connectivity index (χ4v) is 3.24. The van der Waals surface area contributed by atoms with Gasteiger partial charge in [0.25, 0.3) is 5.91 Å². The third-order valence-electron chi connectivity index (χ3n) is 3.72. The molecule has 3 rings (SSSR count). The average molecular weight is 482 g/mol. The summed E-state index contributed by atoms with van der Waals surface area (Å²) >= 11 is 15.3. The van der Waals surface area contributed by atoms with Crippen molar-refractivity contribution in [2.45, 2.75) is 6.92 Å². The molecule has 0 saturated heterocycles. The van der Waals surface area contributed by atoms with Gasteiger partial charge in [-0.1, -0.05) is 35.3 Å². The van der Waals surface area contributed by atoms with Crippen LogP contribution < -0.4 is 10.2 Å². The minimum absolute atomic E-state index is 0.192. The lowest BCUT2D eigenvalue weighted by Crippen LogP contribution is -2.24. The molecule has 0 saturated carbocycles. The summed E-state index contributed by atoms with van der Waals surface area (Å²) in [6, 6.07) is 14.3. The minimum atomic E-state index is -0.407. The highest BCUT2D eigenvalue weighted by Gasteiger charge is 2.07. The van der Waals surface area contributed by atoms with E-state index in [9.17, 15) is 4.79 Å². The smallest absolute Gasteiger partial charge is 0.277 e. The number of hydrogen-bond acceptors (Lipinski definition) is 4. The molecule has 0 atom stereocenters. The molecule has 0 aliphatic carbocycles. The Hall–Kier alpha value is -2.28. The lowest BCUT2D eigenvalue weighted by atomic mass is 10.1. The first kappa shape index (κ1) is 20.5. The molecule has 0 fully saturated rings. The van der Waals surface area contributed by atoms with E-state index in [2.05, 4.69) is 26.5 Å². The molecule has 5 nitrogen and oxygen atoms in total. The van der Waals surface area contributed by atoms with E-state index in [-0.39, 0.29) is 6.61 Å². The molecule has 0 unspecified atom stereocenters. The largest absolute Gasteiger partial charge is 0.483 e. The molecule has 1 heterocycles. The second-order valence-corrected chi connectivity index (χ2v) is 7.52. The minimum Gasteiger partial charge on any atom is -0.483 e. The van der Waals surface area contributed by atoms with E-state index in [4.69, 9.17) is 32.4 Å². The van der Waals surface area contributed by atoms with Crippen molar-refractivity contribution in [2.75, 3.05) is 6.61 Å². The van der Waals surface area contributed by atoms with Crippen molar-refractivity contribution < 1.29 is 13.9 Å². The number of hydrogen-bond donors (Lipinski definition) is 1. The quantitative estimate of drug-likeness (QED) is 0.354. The number of aryl methyl sites for hydroxylation is 1. The zero-order valence-corrected chi connectivity index (χ0v) is 17.8. The van der Waals surface area contributed by atoms with Crippen LogP contribution in [0.4, 0.5) is 0 Å².